The summed E-state index contributed by atoms with van der Waals surface area (Å²) in [5, 5.41) is 10.6. The highest BCUT2D eigenvalue weighted by Crippen LogP contribution is 2.31. The van der Waals surface area contributed by atoms with E-state index in [-0.39, 0.29) is 5.56 Å². The van der Waals surface area contributed by atoms with Gasteiger partial charge in [0, 0.05) is 21.8 Å². The van der Waals surface area contributed by atoms with Crippen LogP contribution in [0.3, 0.4) is 0 Å². The van der Waals surface area contributed by atoms with Crippen molar-refractivity contribution in [2.75, 3.05) is 0 Å². The second-order valence-corrected chi connectivity index (χ2v) is 8.12. The molecule has 0 aliphatic rings. The molecule has 7 heteroatoms. The lowest BCUT2D eigenvalue weighted by molar-refractivity contribution is 0.0696. The van der Waals surface area contributed by atoms with Gasteiger partial charge in [-0.2, -0.15) is 0 Å². The zero-order valence-electron chi connectivity index (χ0n) is 16.7. The lowest BCUT2D eigenvalue weighted by Crippen LogP contribution is -2.04. The Morgan fingerprint density at radius 3 is 2.57 bits per heavy atom. The number of pyridine rings is 1. The summed E-state index contributed by atoms with van der Waals surface area (Å²) in [4.78, 5) is 20.7. The Morgan fingerprint density at radius 1 is 1.10 bits per heavy atom. The van der Waals surface area contributed by atoms with Gasteiger partial charge in [-0.05, 0) is 67.8 Å². The number of hydrogen-bond donors (Lipinski definition) is 1. The van der Waals surface area contributed by atoms with Gasteiger partial charge in [0.2, 0.25) is 0 Å². The summed E-state index contributed by atoms with van der Waals surface area (Å²) in [6.45, 7) is 6.27. The first-order valence-electron chi connectivity index (χ1n) is 9.37. The van der Waals surface area contributed by atoms with E-state index in [4.69, 9.17) is 28.2 Å². The van der Waals surface area contributed by atoms with E-state index in [9.17, 15) is 9.90 Å². The second kappa shape index (κ2) is 7.74. The highest BCUT2D eigenvalue weighted by Gasteiger charge is 2.17. The minimum atomic E-state index is -0.966. The van der Waals surface area contributed by atoms with Crippen molar-refractivity contribution in [3.05, 3.63) is 80.7 Å². The lowest BCUT2D eigenvalue weighted by atomic mass is 10.00. The van der Waals surface area contributed by atoms with Crippen molar-refractivity contribution in [3.63, 3.8) is 0 Å². The third-order valence-corrected chi connectivity index (χ3v) is 5.87. The second-order valence-electron chi connectivity index (χ2n) is 7.28. The maximum atomic E-state index is 11.5. The highest BCUT2D eigenvalue weighted by molar-refractivity contribution is 6.35. The van der Waals surface area contributed by atoms with Gasteiger partial charge < -0.3 is 9.67 Å². The Morgan fingerprint density at radius 2 is 1.87 bits per heavy atom. The van der Waals surface area contributed by atoms with Gasteiger partial charge in [-0.25, -0.2) is 9.78 Å². The van der Waals surface area contributed by atoms with Crippen LogP contribution in [0.1, 0.15) is 32.9 Å². The van der Waals surface area contributed by atoms with E-state index in [1.807, 2.05) is 38.1 Å². The van der Waals surface area contributed by atoms with E-state index in [2.05, 4.69) is 9.55 Å². The highest BCUT2D eigenvalue weighted by atomic mass is 35.5. The molecule has 0 aliphatic heterocycles. The molecule has 0 spiro atoms. The number of rotatable bonds is 4. The summed E-state index contributed by atoms with van der Waals surface area (Å²) < 4.78 is 2.09. The van der Waals surface area contributed by atoms with Gasteiger partial charge in [0.25, 0.3) is 0 Å². The van der Waals surface area contributed by atoms with Gasteiger partial charge >= 0.3 is 5.97 Å². The van der Waals surface area contributed by atoms with Gasteiger partial charge in [0.05, 0.1) is 28.8 Å². The summed E-state index contributed by atoms with van der Waals surface area (Å²) in [7, 11) is 0. The standard InChI is InChI=1S/C23H19Cl2N3O2/c1-12-8-16(22-13(2)18(23(29)30)6-7-26-22)9-20-21(12)27-14(3)28(20)11-15-4-5-17(24)10-19(15)25/h4-10H,11H2,1-3H3,(H,29,30). The molecule has 30 heavy (non-hydrogen) atoms. The van der Waals surface area contributed by atoms with Crippen LogP contribution in [0, 0.1) is 20.8 Å². The normalized spacial score (nSPS) is 11.2. The summed E-state index contributed by atoms with van der Waals surface area (Å²) >= 11 is 12.4. The molecule has 1 N–H and O–H groups in total. The molecule has 0 saturated carbocycles. The van der Waals surface area contributed by atoms with E-state index < -0.39 is 5.97 Å². The Bertz CT molecular complexity index is 1310. The quantitative estimate of drug-likeness (QED) is 0.418. The van der Waals surface area contributed by atoms with E-state index in [1.165, 1.54) is 12.3 Å². The first-order valence-corrected chi connectivity index (χ1v) is 10.1. The molecule has 2 aromatic carbocycles. The molecular formula is C23H19Cl2N3O2. The van der Waals surface area contributed by atoms with Crippen LogP contribution in [0.4, 0.5) is 0 Å². The predicted octanol–water partition coefficient (Wildman–Crippen LogP) is 6.08. The van der Waals surface area contributed by atoms with Crippen LogP contribution in [0.5, 0.6) is 0 Å². The molecule has 0 fully saturated rings. The van der Waals surface area contributed by atoms with Crippen molar-refractivity contribution in [3.8, 4) is 11.3 Å². The first-order chi connectivity index (χ1) is 14.3. The maximum Gasteiger partial charge on any atom is 0.336 e. The third-order valence-electron chi connectivity index (χ3n) is 5.29. The average Bonchev–Trinajstić information content (AvgIpc) is 3.00. The monoisotopic (exact) mass is 439 g/mol. The predicted molar refractivity (Wildman–Crippen MR) is 120 cm³/mol. The molecule has 0 bridgehead atoms. The summed E-state index contributed by atoms with van der Waals surface area (Å²) in [5.74, 6) is -0.104. The topological polar surface area (TPSA) is 68.0 Å². The van der Waals surface area contributed by atoms with Crippen molar-refractivity contribution < 1.29 is 9.90 Å². The van der Waals surface area contributed by atoms with Gasteiger partial charge in [-0.3, -0.25) is 4.98 Å². The Hall–Kier alpha value is -2.89. The van der Waals surface area contributed by atoms with Crippen LogP contribution in [-0.2, 0) is 6.54 Å². The van der Waals surface area contributed by atoms with Crippen LogP contribution in [0.15, 0.2) is 42.6 Å². The fourth-order valence-electron chi connectivity index (χ4n) is 3.72. The number of imidazole rings is 1. The molecule has 0 radical (unpaired) electrons. The Labute approximate surface area is 183 Å². The van der Waals surface area contributed by atoms with Gasteiger partial charge in [-0.15, -0.1) is 0 Å². The number of aromatic carboxylic acids is 1. The van der Waals surface area contributed by atoms with Crippen LogP contribution in [-0.4, -0.2) is 25.6 Å². The molecule has 0 amide bonds. The zero-order chi connectivity index (χ0) is 21.6. The summed E-state index contributed by atoms with van der Waals surface area (Å²) in [5.41, 5.74) is 6.15. The number of fused-ring (bicyclic) bond motifs is 1. The van der Waals surface area contributed by atoms with Crippen molar-refractivity contribution in [1.29, 1.82) is 0 Å². The van der Waals surface area contributed by atoms with Crippen LogP contribution in [0.2, 0.25) is 10.0 Å². The number of carboxylic acid groups (broad SMARTS) is 1. The van der Waals surface area contributed by atoms with Crippen molar-refractivity contribution in [2.45, 2.75) is 27.3 Å². The summed E-state index contributed by atoms with van der Waals surface area (Å²) in [6.07, 6.45) is 1.53. The number of benzene rings is 2. The smallest absolute Gasteiger partial charge is 0.336 e. The minimum Gasteiger partial charge on any atom is -0.478 e. The van der Waals surface area contributed by atoms with E-state index in [0.717, 1.165) is 33.5 Å². The number of nitrogens with zero attached hydrogens (tertiary/aromatic N) is 3. The van der Waals surface area contributed by atoms with E-state index in [1.54, 1.807) is 13.0 Å². The molecule has 0 atom stereocenters. The van der Waals surface area contributed by atoms with Crippen molar-refractivity contribution >= 4 is 40.2 Å². The van der Waals surface area contributed by atoms with Crippen LogP contribution in [0.25, 0.3) is 22.3 Å². The molecular weight excluding hydrogens is 421 g/mol. The molecule has 2 aromatic heterocycles. The summed E-state index contributed by atoms with van der Waals surface area (Å²) in [6, 6.07) is 11.0. The van der Waals surface area contributed by atoms with E-state index in [0.29, 0.717) is 27.8 Å². The van der Waals surface area contributed by atoms with Gasteiger partial charge in [-0.1, -0.05) is 29.3 Å². The molecule has 0 saturated heterocycles. The lowest BCUT2D eigenvalue weighted by Gasteiger charge is -2.12. The largest absolute Gasteiger partial charge is 0.478 e. The fourth-order valence-corrected chi connectivity index (χ4v) is 4.19. The SMILES string of the molecule is Cc1c(C(=O)O)ccnc1-c1cc(C)c2nc(C)n(Cc3ccc(Cl)cc3Cl)c2c1. The maximum absolute atomic E-state index is 11.5. The third kappa shape index (κ3) is 3.55. The average molecular weight is 440 g/mol. The number of carboxylic acids is 1. The molecule has 4 aromatic rings. The van der Waals surface area contributed by atoms with Crippen LogP contribution >= 0.6 is 23.2 Å². The number of carbonyl (C=O) groups is 1. The molecule has 0 unspecified atom stereocenters. The molecule has 152 valence electrons. The molecule has 5 nitrogen and oxygen atoms in total. The fraction of sp³-hybridized carbons (Fsp3) is 0.174. The number of aryl methyl sites for hydroxylation is 2. The molecule has 2 heterocycles. The molecule has 0 aliphatic carbocycles. The van der Waals surface area contributed by atoms with E-state index >= 15 is 0 Å². The van der Waals surface area contributed by atoms with Crippen LogP contribution < -0.4 is 0 Å². The first kappa shape index (κ1) is 20.4. The Balaban J connectivity index is 1.89. The van der Waals surface area contributed by atoms with Gasteiger partial charge in [0.15, 0.2) is 0 Å². The Kier molecular flexibility index (Phi) is 5.26. The molecule has 4 rings (SSSR count). The number of halogens is 2. The zero-order valence-corrected chi connectivity index (χ0v) is 18.2. The number of hydrogen-bond acceptors (Lipinski definition) is 3. The minimum absolute atomic E-state index is 0.246. The van der Waals surface area contributed by atoms with Crippen molar-refractivity contribution in [1.82, 2.24) is 14.5 Å². The van der Waals surface area contributed by atoms with Gasteiger partial charge in [0.1, 0.15) is 5.82 Å². The number of aromatic nitrogens is 3. The van der Waals surface area contributed by atoms with Crippen molar-refractivity contribution in [2.24, 2.45) is 0 Å².